The number of methoxy groups -OCH3 is 1. The van der Waals surface area contributed by atoms with Gasteiger partial charge in [0.25, 0.3) is 0 Å². The number of ether oxygens (including phenoxy) is 1. The van der Waals surface area contributed by atoms with Crippen LogP contribution in [0.25, 0.3) is 0 Å². The summed E-state index contributed by atoms with van der Waals surface area (Å²) < 4.78 is 19.0. The Bertz CT molecular complexity index is 659. The lowest BCUT2D eigenvalue weighted by atomic mass is 9.97. The first kappa shape index (κ1) is 21.0. The van der Waals surface area contributed by atoms with Gasteiger partial charge >= 0.3 is 5.97 Å². The quantitative estimate of drug-likeness (QED) is 0.714. The normalized spacial score (nSPS) is 21.5. The number of halogens is 1. The number of β-amino-alcohol motifs (C(OH)–C–C–N with tert-alkyl or cyclic N) is 1. The highest BCUT2D eigenvalue weighted by Gasteiger charge is 2.34. The number of piperidine rings is 1. The summed E-state index contributed by atoms with van der Waals surface area (Å²) in [5.74, 6) is -1.38. The van der Waals surface area contributed by atoms with E-state index in [1.54, 1.807) is 6.07 Å². The third-order valence-electron chi connectivity index (χ3n) is 5.93. The van der Waals surface area contributed by atoms with E-state index >= 15 is 0 Å². The summed E-state index contributed by atoms with van der Waals surface area (Å²) in [4.78, 5) is 18.6. The van der Waals surface area contributed by atoms with Gasteiger partial charge in [-0.1, -0.05) is 6.07 Å². The molecule has 0 aliphatic carbocycles. The van der Waals surface area contributed by atoms with Gasteiger partial charge in [-0.15, -0.1) is 0 Å². The molecule has 0 saturated carbocycles. The van der Waals surface area contributed by atoms with E-state index in [1.165, 1.54) is 19.2 Å². The van der Waals surface area contributed by atoms with Crippen LogP contribution in [0.1, 0.15) is 24.4 Å². The van der Waals surface area contributed by atoms with Gasteiger partial charge in [-0.05, 0) is 30.5 Å². The molecule has 2 aliphatic heterocycles. The monoisotopic (exact) mass is 395 g/mol. The summed E-state index contributed by atoms with van der Waals surface area (Å²) in [5, 5.41) is 18.8. The molecule has 28 heavy (non-hydrogen) atoms. The first-order valence-electron chi connectivity index (χ1n) is 9.91. The second kappa shape index (κ2) is 9.65. The standard InChI is InChI=1S/C20H30FN3O4/c1-28-18-3-2-15(14-17(18)21)19(20(26)27)24-6-4-16(5-7-24)23-10-8-22(9-11-23)12-13-25/h2-3,14,16,19,25H,4-13H2,1H3,(H,26,27). The molecule has 0 amide bonds. The minimum absolute atomic E-state index is 0.118. The van der Waals surface area contributed by atoms with Crippen molar-refractivity contribution < 1.29 is 24.1 Å². The van der Waals surface area contributed by atoms with Gasteiger partial charge in [0.15, 0.2) is 11.6 Å². The number of rotatable bonds is 7. The minimum Gasteiger partial charge on any atom is -0.494 e. The van der Waals surface area contributed by atoms with Crippen molar-refractivity contribution in [3.05, 3.63) is 29.6 Å². The molecule has 8 heteroatoms. The Morgan fingerprint density at radius 2 is 1.89 bits per heavy atom. The summed E-state index contributed by atoms with van der Waals surface area (Å²) >= 11 is 0. The number of hydrogen-bond acceptors (Lipinski definition) is 6. The van der Waals surface area contributed by atoms with Crippen LogP contribution in [0.2, 0.25) is 0 Å². The molecule has 0 bridgehead atoms. The van der Waals surface area contributed by atoms with Crippen LogP contribution < -0.4 is 4.74 Å². The maximum Gasteiger partial charge on any atom is 0.325 e. The number of carbonyl (C=O) groups is 1. The summed E-state index contributed by atoms with van der Waals surface area (Å²) in [6.07, 6.45) is 1.81. The molecule has 2 saturated heterocycles. The number of aliphatic carboxylic acids is 1. The van der Waals surface area contributed by atoms with Crippen molar-refractivity contribution in [3.63, 3.8) is 0 Å². The number of benzene rings is 1. The maximum atomic E-state index is 14.1. The van der Waals surface area contributed by atoms with E-state index < -0.39 is 17.8 Å². The number of carboxylic acids is 1. The molecule has 156 valence electrons. The van der Waals surface area contributed by atoms with Crippen LogP contribution in [0.3, 0.4) is 0 Å². The fourth-order valence-electron chi connectivity index (χ4n) is 4.36. The summed E-state index contributed by atoms with van der Waals surface area (Å²) in [5.41, 5.74) is 0.446. The molecular weight excluding hydrogens is 365 g/mol. The smallest absolute Gasteiger partial charge is 0.325 e. The van der Waals surface area contributed by atoms with Crippen molar-refractivity contribution in [2.45, 2.75) is 24.9 Å². The zero-order chi connectivity index (χ0) is 20.1. The van der Waals surface area contributed by atoms with Crippen molar-refractivity contribution in [3.8, 4) is 5.75 Å². The molecule has 1 aromatic carbocycles. The molecule has 2 fully saturated rings. The van der Waals surface area contributed by atoms with Crippen LogP contribution in [0.5, 0.6) is 5.75 Å². The third-order valence-corrected chi connectivity index (χ3v) is 5.93. The Balaban J connectivity index is 1.59. The second-order valence-corrected chi connectivity index (χ2v) is 7.50. The van der Waals surface area contributed by atoms with Gasteiger partial charge < -0.3 is 14.9 Å². The van der Waals surface area contributed by atoms with Gasteiger partial charge in [-0.25, -0.2) is 4.39 Å². The van der Waals surface area contributed by atoms with E-state index in [-0.39, 0.29) is 12.4 Å². The zero-order valence-corrected chi connectivity index (χ0v) is 16.4. The van der Waals surface area contributed by atoms with Crippen LogP contribution in [0.15, 0.2) is 18.2 Å². The number of nitrogens with zero attached hydrogens (tertiary/aromatic N) is 3. The molecule has 1 unspecified atom stereocenters. The molecule has 0 spiro atoms. The molecule has 2 aliphatic rings. The van der Waals surface area contributed by atoms with E-state index in [2.05, 4.69) is 9.80 Å². The van der Waals surface area contributed by atoms with E-state index in [9.17, 15) is 14.3 Å². The first-order valence-corrected chi connectivity index (χ1v) is 9.91. The third kappa shape index (κ3) is 4.81. The largest absolute Gasteiger partial charge is 0.494 e. The van der Waals surface area contributed by atoms with Crippen molar-refractivity contribution in [1.82, 2.24) is 14.7 Å². The molecule has 1 aromatic rings. The van der Waals surface area contributed by atoms with Gasteiger partial charge in [-0.3, -0.25) is 19.5 Å². The Morgan fingerprint density at radius 3 is 2.43 bits per heavy atom. The molecular formula is C20H30FN3O4. The van der Waals surface area contributed by atoms with E-state index in [4.69, 9.17) is 9.84 Å². The lowest BCUT2D eigenvalue weighted by Crippen LogP contribution is -2.54. The predicted molar refractivity (Wildman–Crippen MR) is 103 cm³/mol. The van der Waals surface area contributed by atoms with E-state index in [0.717, 1.165) is 45.6 Å². The van der Waals surface area contributed by atoms with Crippen molar-refractivity contribution >= 4 is 5.97 Å². The summed E-state index contributed by atoms with van der Waals surface area (Å²) in [6, 6.07) is 3.99. The fourth-order valence-corrected chi connectivity index (χ4v) is 4.36. The number of aliphatic hydroxyl groups is 1. The SMILES string of the molecule is COc1ccc(C(C(=O)O)N2CCC(N3CCN(CCO)CC3)CC2)cc1F. The van der Waals surface area contributed by atoms with Crippen molar-refractivity contribution in [2.24, 2.45) is 0 Å². The molecule has 2 heterocycles. The maximum absolute atomic E-state index is 14.1. The Morgan fingerprint density at radius 1 is 1.21 bits per heavy atom. The van der Waals surface area contributed by atoms with Gasteiger partial charge in [0.2, 0.25) is 0 Å². The predicted octanol–water partition coefficient (Wildman–Crippen LogP) is 1.03. The lowest BCUT2D eigenvalue weighted by Gasteiger charge is -2.43. The Kier molecular flexibility index (Phi) is 7.23. The molecule has 2 N–H and O–H groups in total. The first-order chi connectivity index (χ1) is 13.5. The highest BCUT2D eigenvalue weighted by molar-refractivity contribution is 5.75. The van der Waals surface area contributed by atoms with Crippen LogP contribution in [-0.4, -0.2) is 96.5 Å². The highest BCUT2D eigenvalue weighted by Crippen LogP contribution is 2.29. The topological polar surface area (TPSA) is 76.5 Å². The van der Waals surface area contributed by atoms with Crippen LogP contribution >= 0.6 is 0 Å². The van der Waals surface area contributed by atoms with Gasteiger partial charge in [-0.2, -0.15) is 0 Å². The minimum atomic E-state index is -0.958. The molecule has 0 aromatic heterocycles. The van der Waals surface area contributed by atoms with Crippen molar-refractivity contribution in [1.29, 1.82) is 0 Å². The molecule has 0 radical (unpaired) electrons. The number of piperazine rings is 1. The molecule has 1 atom stereocenters. The number of aliphatic hydroxyl groups excluding tert-OH is 1. The average Bonchev–Trinajstić information content (AvgIpc) is 2.69. The van der Waals surface area contributed by atoms with Gasteiger partial charge in [0.1, 0.15) is 6.04 Å². The Hall–Kier alpha value is -1.74. The van der Waals surface area contributed by atoms with E-state index in [1.807, 2.05) is 4.90 Å². The number of likely N-dealkylation sites (tertiary alicyclic amines) is 1. The van der Waals surface area contributed by atoms with Gasteiger partial charge in [0, 0.05) is 51.9 Å². The van der Waals surface area contributed by atoms with Crippen LogP contribution in [0.4, 0.5) is 4.39 Å². The highest BCUT2D eigenvalue weighted by atomic mass is 19.1. The van der Waals surface area contributed by atoms with E-state index in [0.29, 0.717) is 24.7 Å². The fraction of sp³-hybridized carbons (Fsp3) is 0.650. The number of hydrogen-bond donors (Lipinski definition) is 2. The Labute approximate surface area is 165 Å². The molecule has 7 nitrogen and oxygen atoms in total. The molecule has 3 rings (SSSR count). The number of carboxylic acid groups (broad SMARTS) is 1. The summed E-state index contributed by atoms with van der Waals surface area (Å²) in [7, 11) is 1.39. The van der Waals surface area contributed by atoms with Gasteiger partial charge in [0.05, 0.1) is 13.7 Å². The van der Waals surface area contributed by atoms with Crippen LogP contribution in [-0.2, 0) is 4.79 Å². The lowest BCUT2D eigenvalue weighted by molar-refractivity contribution is -0.144. The second-order valence-electron chi connectivity index (χ2n) is 7.50. The van der Waals surface area contributed by atoms with Crippen LogP contribution in [0, 0.1) is 5.82 Å². The summed E-state index contributed by atoms with van der Waals surface area (Å²) in [6.45, 7) is 6.16. The zero-order valence-electron chi connectivity index (χ0n) is 16.4. The average molecular weight is 395 g/mol. The van der Waals surface area contributed by atoms with Crippen molar-refractivity contribution in [2.75, 3.05) is 59.5 Å².